The van der Waals surface area contributed by atoms with Crippen molar-refractivity contribution in [1.82, 2.24) is 19.7 Å². The third-order valence-corrected chi connectivity index (χ3v) is 5.38. The molecular formula is C21H24ClN5. The van der Waals surface area contributed by atoms with Crippen LogP contribution in [-0.2, 0) is 19.5 Å². The summed E-state index contributed by atoms with van der Waals surface area (Å²) < 4.78 is 1.79. The van der Waals surface area contributed by atoms with Crippen molar-refractivity contribution < 1.29 is 0 Å². The highest BCUT2D eigenvalue weighted by Crippen LogP contribution is 2.33. The van der Waals surface area contributed by atoms with Gasteiger partial charge in [0.1, 0.15) is 12.7 Å². The summed E-state index contributed by atoms with van der Waals surface area (Å²) >= 11 is 0. The van der Waals surface area contributed by atoms with Gasteiger partial charge in [0.25, 0.3) is 0 Å². The van der Waals surface area contributed by atoms with Crippen molar-refractivity contribution in [1.29, 1.82) is 0 Å². The number of aromatic nitrogens is 3. The fourth-order valence-electron chi connectivity index (χ4n) is 3.85. The number of para-hydroxylation sites is 1. The van der Waals surface area contributed by atoms with Crippen LogP contribution in [0, 0.1) is 0 Å². The third kappa shape index (κ3) is 3.84. The topological polar surface area (TPSA) is 46.0 Å². The van der Waals surface area contributed by atoms with E-state index in [1.54, 1.807) is 17.3 Å². The lowest BCUT2D eigenvalue weighted by Gasteiger charge is -2.23. The molecule has 140 valence electrons. The molecule has 0 saturated heterocycles. The first-order valence-corrected chi connectivity index (χ1v) is 9.39. The molecule has 0 unspecified atom stereocenters. The Morgan fingerprint density at radius 3 is 2.67 bits per heavy atom. The predicted molar refractivity (Wildman–Crippen MR) is 110 cm³/mol. The van der Waals surface area contributed by atoms with Crippen LogP contribution < -0.4 is 5.32 Å². The van der Waals surface area contributed by atoms with Crippen LogP contribution in [0.5, 0.6) is 0 Å². The molecule has 2 heterocycles. The zero-order valence-electron chi connectivity index (χ0n) is 15.2. The minimum atomic E-state index is 0. The number of halogens is 1. The summed E-state index contributed by atoms with van der Waals surface area (Å²) in [5.41, 5.74) is 6.68. The quantitative estimate of drug-likeness (QED) is 0.705. The van der Waals surface area contributed by atoms with E-state index < -0.39 is 0 Å². The first-order chi connectivity index (χ1) is 12.9. The Morgan fingerprint density at radius 1 is 1.07 bits per heavy atom. The lowest BCUT2D eigenvalue weighted by atomic mass is 10.1. The summed E-state index contributed by atoms with van der Waals surface area (Å²) in [4.78, 5) is 6.64. The molecule has 0 radical (unpaired) electrons. The van der Waals surface area contributed by atoms with Crippen LogP contribution >= 0.6 is 12.4 Å². The summed E-state index contributed by atoms with van der Waals surface area (Å²) in [6.07, 6.45) is 7.08. The molecule has 1 N–H and O–H groups in total. The van der Waals surface area contributed by atoms with E-state index in [1.807, 2.05) is 0 Å². The van der Waals surface area contributed by atoms with Crippen LogP contribution in [0.25, 0.3) is 5.69 Å². The number of benzene rings is 2. The van der Waals surface area contributed by atoms with Gasteiger partial charge in [0.05, 0.1) is 5.69 Å². The van der Waals surface area contributed by atoms with E-state index in [2.05, 4.69) is 62.8 Å². The number of hydrogen-bond acceptors (Lipinski definition) is 4. The van der Waals surface area contributed by atoms with Gasteiger partial charge in [-0.3, -0.25) is 4.90 Å². The Kier molecular flexibility index (Phi) is 5.14. The molecule has 0 atom stereocenters. The number of nitrogens with zero attached hydrogens (tertiary/aromatic N) is 4. The molecule has 0 amide bonds. The molecule has 5 nitrogen and oxygen atoms in total. The summed E-state index contributed by atoms with van der Waals surface area (Å²) in [6.45, 7) is 3.08. The molecule has 1 fully saturated rings. The summed E-state index contributed by atoms with van der Waals surface area (Å²) in [7, 11) is 0. The van der Waals surface area contributed by atoms with Crippen LogP contribution in [-0.4, -0.2) is 32.3 Å². The monoisotopic (exact) mass is 381 g/mol. The highest BCUT2D eigenvalue weighted by molar-refractivity contribution is 5.85. The van der Waals surface area contributed by atoms with Gasteiger partial charge in [-0.1, -0.05) is 30.3 Å². The van der Waals surface area contributed by atoms with Gasteiger partial charge in [-0.05, 0) is 48.1 Å². The number of fused-ring (bicyclic) bond motifs is 1. The van der Waals surface area contributed by atoms with Crippen LogP contribution in [0.2, 0.25) is 0 Å². The van der Waals surface area contributed by atoms with Crippen molar-refractivity contribution in [3.05, 3.63) is 71.8 Å². The van der Waals surface area contributed by atoms with E-state index in [9.17, 15) is 0 Å². The average molecular weight is 382 g/mol. The van der Waals surface area contributed by atoms with Gasteiger partial charge >= 0.3 is 0 Å². The first-order valence-electron chi connectivity index (χ1n) is 9.39. The molecule has 1 aromatic heterocycles. The van der Waals surface area contributed by atoms with E-state index >= 15 is 0 Å². The maximum Gasteiger partial charge on any atom is 0.138 e. The van der Waals surface area contributed by atoms with Crippen LogP contribution in [0.3, 0.4) is 0 Å². The normalized spacial score (nSPS) is 15.3. The summed E-state index contributed by atoms with van der Waals surface area (Å²) in [6, 6.07) is 16.1. The van der Waals surface area contributed by atoms with Crippen LogP contribution in [0.4, 0.5) is 5.69 Å². The number of rotatable bonds is 6. The van der Waals surface area contributed by atoms with Gasteiger partial charge in [0, 0.05) is 31.4 Å². The molecule has 27 heavy (non-hydrogen) atoms. The van der Waals surface area contributed by atoms with Gasteiger partial charge in [-0.2, -0.15) is 5.10 Å². The maximum absolute atomic E-state index is 4.19. The molecule has 1 saturated carbocycles. The zero-order chi connectivity index (χ0) is 17.3. The van der Waals surface area contributed by atoms with E-state index in [0.29, 0.717) is 0 Å². The average Bonchev–Trinajstić information content (AvgIpc) is 3.17. The summed E-state index contributed by atoms with van der Waals surface area (Å²) in [5, 5.41) is 7.77. The van der Waals surface area contributed by atoms with E-state index in [-0.39, 0.29) is 12.4 Å². The van der Waals surface area contributed by atoms with E-state index in [4.69, 9.17) is 0 Å². The van der Waals surface area contributed by atoms with Crippen LogP contribution in [0.15, 0.2) is 55.1 Å². The van der Waals surface area contributed by atoms with E-state index in [1.165, 1.54) is 35.2 Å². The molecule has 1 aliphatic heterocycles. The fraction of sp³-hybridized carbons (Fsp3) is 0.333. The molecule has 2 aliphatic rings. The lowest BCUT2D eigenvalue weighted by Crippen LogP contribution is -2.25. The Morgan fingerprint density at radius 2 is 1.93 bits per heavy atom. The van der Waals surface area contributed by atoms with Crippen molar-refractivity contribution in [2.24, 2.45) is 0 Å². The highest BCUT2D eigenvalue weighted by Gasteiger charge is 2.30. The van der Waals surface area contributed by atoms with Gasteiger partial charge in [0.15, 0.2) is 0 Å². The van der Waals surface area contributed by atoms with Gasteiger partial charge < -0.3 is 5.32 Å². The minimum absolute atomic E-state index is 0. The SMILES string of the molecule is Cl.c1cc2c(c(CN(Cc3ccc(-n4cncn4)cc3)C3CC3)c1)NCC2. The van der Waals surface area contributed by atoms with Gasteiger partial charge in [-0.25, -0.2) is 9.67 Å². The Balaban J connectivity index is 0.00000180. The molecular weight excluding hydrogens is 358 g/mol. The molecule has 2 aromatic carbocycles. The van der Waals surface area contributed by atoms with Crippen molar-refractivity contribution >= 4 is 18.1 Å². The zero-order valence-corrected chi connectivity index (χ0v) is 16.0. The Bertz CT molecular complexity index is 887. The predicted octanol–water partition coefficient (Wildman–Crippen LogP) is 3.82. The second kappa shape index (κ2) is 7.71. The van der Waals surface area contributed by atoms with E-state index in [0.717, 1.165) is 37.8 Å². The minimum Gasteiger partial charge on any atom is -0.384 e. The third-order valence-electron chi connectivity index (χ3n) is 5.38. The van der Waals surface area contributed by atoms with Crippen LogP contribution in [0.1, 0.15) is 29.5 Å². The Labute approximate surface area is 165 Å². The molecule has 3 aromatic rings. The second-order valence-electron chi connectivity index (χ2n) is 7.27. The Hall–Kier alpha value is -2.37. The van der Waals surface area contributed by atoms with Gasteiger partial charge in [0.2, 0.25) is 0 Å². The number of hydrogen-bond donors (Lipinski definition) is 1. The van der Waals surface area contributed by atoms with Crippen molar-refractivity contribution in [2.45, 2.75) is 38.4 Å². The summed E-state index contributed by atoms with van der Waals surface area (Å²) in [5.74, 6) is 0. The standard InChI is InChI=1S/C21H23N5.ClH/c1-2-17-10-11-23-21(17)18(3-1)13-25(19-8-9-19)12-16-4-6-20(7-5-16)26-15-22-14-24-26;/h1-7,14-15,19,23H,8-13H2;1H. The molecule has 0 bridgehead atoms. The first kappa shape index (κ1) is 18.0. The smallest absolute Gasteiger partial charge is 0.138 e. The lowest BCUT2D eigenvalue weighted by molar-refractivity contribution is 0.246. The number of nitrogens with one attached hydrogen (secondary N) is 1. The molecule has 1 aliphatic carbocycles. The van der Waals surface area contributed by atoms with Gasteiger partial charge in [-0.15, -0.1) is 12.4 Å². The van der Waals surface area contributed by atoms with Crippen molar-refractivity contribution in [3.63, 3.8) is 0 Å². The second-order valence-corrected chi connectivity index (χ2v) is 7.27. The highest BCUT2D eigenvalue weighted by atomic mass is 35.5. The fourth-order valence-corrected chi connectivity index (χ4v) is 3.85. The number of anilines is 1. The maximum atomic E-state index is 4.19. The molecule has 5 rings (SSSR count). The van der Waals surface area contributed by atoms with Crippen molar-refractivity contribution in [2.75, 3.05) is 11.9 Å². The molecule has 0 spiro atoms. The largest absolute Gasteiger partial charge is 0.384 e. The molecule has 6 heteroatoms. The van der Waals surface area contributed by atoms with Crippen molar-refractivity contribution in [3.8, 4) is 5.69 Å².